The first kappa shape index (κ1) is 30.7. The first-order valence-corrected chi connectivity index (χ1v) is 13.1. The molecule has 1 amide bonds. The lowest BCUT2D eigenvalue weighted by atomic mass is 10.1. The predicted molar refractivity (Wildman–Crippen MR) is 145 cm³/mol. The number of carbonyl (C=O) groups excluding carboxylic acids is 2. The fourth-order valence-corrected chi connectivity index (χ4v) is 4.38. The Bertz CT molecular complexity index is 844. The lowest BCUT2D eigenvalue weighted by Crippen LogP contribution is -2.34. The Morgan fingerprint density at radius 3 is 2.23 bits per heavy atom. The van der Waals surface area contributed by atoms with Gasteiger partial charge in [0.2, 0.25) is 5.91 Å². The number of methoxy groups -OCH3 is 1. The van der Waals surface area contributed by atoms with Crippen LogP contribution in [-0.2, 0) is 16.0 Å². The van der Waals surface area contributed by atoms with Gasteiger partial charge in [0.25, 0.3) is 0 Å². The lowest BCUT2D eigenvalue weighted by molar-refractivity contribution is -0.125. The molecule has 2 aromatic carbocycles. The minimum absolute atomic E-state index is 0.0415. The molecule has 194 valence electrons. The maximum atomic E-state index is 11.6. The Hall–Kier alpha value is -2.35. The number of aliphatic hydroxyl groups is 1. The summed E-state index contributed by atoms with van der Waals surface area (Å²) < 4.78 is 7.31. The van der Waals surface area contributed by atoms with Gasteiger partial charge in [-0.3, -0.25) is 9.59 Å². The highest BCUT2D eigenvalue weighted by atomic mass is 32.2. The molecule has 35 heavy (non-hydrogen) atoms. The average Bonchev–Trinajstić information content (AvgIpc) is 2.83. The van der Waals surface area contributed by atoms with Gasteiger partial charge in [-0.25, -0.2) is 4.31 Å². The minimum atomic E-state index is -0.0415. The van der Waals surface area contributed by atoms with Crippen LogP contribution in [0.4, 0.5) is 0 Å². The van der Waals surface area contributed by atoms with Crippen LogP contribution in [0.3, 0.4) is 0 Å². The van der Waals surface area contributed by atoms with Crippen LogP contribution >= 0.6 is 11.9 Å². The Labute approximate surface area is 215 Å². The molecule has 7 heteroatoms. The molecule has 2 aromatic rings. The molecule has 1 atom stereocenters. The molecule has 2 N–H and O–H groups in total. The van der Waals surface area contributed by atoms with Crippen LogP contribution in [0.2, 0.25) is 0 Å². The highest BCUT2D eigenvalue weighted by Gasteiger charge is 2.10. The topological polar surface area (TPSA) is 78.9 Å². The van der Waals surface area contributed by atoms with Gasteiger partial charge in [0.15, 0.2) is 0 Å². The molecule has 0 spiro atoms. The molecule has 0 aliphatic heterocycles. The standard InChI is InChI=1S/C15H21NO2.C13H21NO2S/c1-3-14(17)9-10-15(18)16-12(2)11-13-7-5-4-6-8-13;1-11(2)10-14(8-9-15)17-13-6-4-12(16-3)5-7-13/h4-8,12H,3,9-11H2,1-2H3,(H,16,18);4-7,11,15H,8-10H2,1-3H3. The summed E-state index contributed by atoms with van der Waals surface area (Å²) in [7, 11) is 1.67. The zero-order valence-corrected chi connectivity index (χ0v) is 22.6. The molecule has 6 nitrogen and oxygen atoms in total. The van der Waals surface area contributed by atoms with Crippen LogP contribution < -0.4 is 10.1 Å². The van der Waals surface area contributed by atoms with E-state index in [-0.39, 0.29) is 24.3 Å². The number of carbonyl (C=O) groups is 2. The monoisotopic (exact) mass is 502 g/mol. The predicted octanol–water partition coefficient (Wildman–Crippen LogP) is 5.15. The Morgan fingerprint density at radius 2 is 1.69 bits per heavy atom. The van der Waals surface area contributed by atoms with Gasteiger partial charge in [-0.05, 0) is 61.0 Å². The molecule has 0 saturated heterocycles. The van der Waals surface area contributed by atoms with E-state index in [1.807, 2.05) is 68.4 Å². The van der Waals surface area contributed by atoms with Gasteiger partial charge in [0, 0.05) is 43.3 Å². The molecule has 0 fully saturated rings. The number of nitrogens with zero attached hydrogens (tertiary/aromatic N) is 1. The average molecular weight is 503 g/mol. The first-order chi connectivity index (χ1) is 16.8. The molecular weight excluding hydrogens is 460 g/mol. The smallest absolute Gasteiger partial charge is 0.220 e. The summed E-state index contributed by atoms with van der Waals surface area (Å²) in [6.07, 6.45) is 1.97. The van der Waals surface area contributed by atoms with Crippen molar-refractivity contribution in [2.75, 3.05) is 26.8 Å². The van der Waals surface area contributed by atoms with Gasteiger partial charge in [0.1, 0.15) is 11.5 Å². The number of ether oxygens (including phenoxy) is 1. The molecule has 0 saturated carbocycles. The third-order valence-corrected chi connectivity index (χ3v) is 6.10. The van der Waals surface area contributed by atoms with E-state index in [4.69, 9.17) is 9.84 Å². The van der Waals surface area contributed by atoms with Gasteiger partial charge in [-0.2, -0.15) is 0 Å². The third-order valence-electron chi connectivity index (χ3n) is 5.03. The summed E-state index contributed by atoms with van der Waals surface area (Å²) in [6, 6.07) is 18.1. The fourth-order valence-electron chi connectivity index (χ4n) is 3.27. The number of nitrogens with one attached hydrogen (secondary N) is 1. The van der Waals surface area contributed by atoms with Crippen molar-refractivity contribution in [3.63, 3.8) is 0 Å². The normalized spacial score (nSPS) is 11.5. The number of aliphatic hydroxyl groups excluding tert-OH is 1. The van der Waals surface area contributed by atoms with E-state index in [1.54, 1.807) is 19.1 Å². The van der Waals surface area contributed by atoms with E-state index in [1.165, 1.54) is 10.5 Å². The lowest BCUT2D eigenvalue weighted by Gasteiger charge is -2.22. The Balaban J connectivity index is 0.000000351. The van der Waals surface area contributed by atoms with Crippen LogP contribution in [0.1, 0.15) is 52.5 Å². The quantitative estimate of drug-likeness (QED) is 0.348. The third kappa shape index (κ3) is 14.6. The number of hydrogen-bond donors (Lipinski definition) is 2. The highest BCUT2D eigenvalue weighted by molar-refractivity contribution is 7.97. The number of ketones is 1. The summed E-state index contributed by atoms with van der Waals surface area (Å²) in [5.74, 6) is 1.56. The largest absolute Gasteiger partial charge is 0.497 e. The fraction of sp³-hybridized carbons (Fsp3) is 0.500. The van der Waals surface area contributed by atoms with E-state index in [9.17, 15) is 9.59 Å². The van der Waals surface area contributed by atoms with Gasteiger partial charge in [-0.1, -0.05) is 51.1 Å². The highest BCUT2D eigenvalue weighted by Crippen LogP contribution is 2.25. The summed E-state index contributed by atoms with van der Waals surface area (Å²) in [5.41, 5.74) is 1.20. The molecule has 0 heterocycles. The molecule has 0 bridgehead atoms. The number of Topliss-reactive ketones (excluding diaryl/α,β-unsaturated/α-hetero) is 1. The molecule has 1 unspecified atom stereocenters. The summed E-state index contributed by atoms with van der Waals surface area (Å²) in [6.45, 7) is 10.0. The SMILES string of the molecule is CCC(=O)CCC(=O)NC(C)Cc1ccccc1.COc1ccc(SN(CCO)CC(C)C)cc1. The summed E-state index contributed by atoms with van der Waals surface area (Å²) in [5, 5.41) is 12.0. The molecule has 2 rings (SSSR count). The molecule has 0 radical (unpaired) electrons. The van der Waals surface area contributed by atoms with Crippen molar-refractivity contribution in [1.29, 1.82) is 0 Å². The molecule has 0 aliphatic rings. The second-order valence-corrected chi connectivity index (χ2v) is 9.99. The van der Waals surface area contributed by atoms with Crippen molar-refractivity contribution in [1.82, 2.24) is 9.62 Å². The van der Waals surface area contributed by atoms with Crippen molar-refractivity contribution < 1.29 is 19.4 Å². The maximum absolute atomic E-state index is 11.6. The van der Waals surface area contributed by atoms with Gasteiger partial charge >= 0.3 is 0 Å². The van der Waals surface area contributed by atoms with Crippen molar-refractivity contribution in [3.05, 3.63) is 60.2 Å². The van der Waals surface area contributed by atoms with Crippen molar-refractivity contribution in [2.45, 2.75) is 64.3 Å². The van der Waals surface area contributed by atoms with Crippen LogP contribution in [0, 0.1) is 5.92 Å². The second kappa shape index (κ2) is 18.0. The molecule has 0 aromatic heterocycles. The molecular formula is C28H42N2O4S. The number of benzene rings is 2. The number of amides is 1. The van der Waals surface area contributed by atoms with Crippen LogP contribution in [0.5, 0.6) is 5.75 Å². The summed E-state index contributed by atoms with van der Waals surface area (Å²) in [4.78, 5) is 23.9. The zero-order valence-electron chi connectivity index (χ0n) is 21.8. The van der Waals surface area contributed by atoms with Gasteiger partial charge < -0.3 is 15.2 Å². The van der Waals surface area contributed by atoms with Gasteiger partial charge in [0.05, 0.1) is 13.7 Å². The second-order valence-electron chi connectivity index (χ2n) is 8.82. The summed E-state index contributed by atoms with van der Waals surface area (Å²) >= 11 is 1.68. The van der Waals surface area contributed by atoms with E-state index >= 15 is 0 Å². The van der Waals surface area contributed by atoms with Crippen LogP contribution in [0.25, 0.3) is 0 Å². The van der Waals surface area contributed by atoms with Crippen molar-refractivity contribution in [2.24, 2.45) is 5.92 Å². The van der Waals surface area contributed by atoms with Gasteiger partial charge in [-0.15, -0.1) is 0 Å². The van der Waals surface area contributed by atoms with Crippen molar-refractivity contribution in [3.8, 4) is 5.75 Å². The zero-order chi connectivity index (χ0) is 26.1. The first-order valence-electron chi connectivity index (χ1n) is 12.3. The van der Waals surface area contributed by atoms with E-state index in [2.05, 4.69) is 23.5 Å². The van der Waals surface area contributed by atoms with Crippen LogP contribution in [-0.4, -0.2) is 54.0 Å². The van der Waals surface area contributed by atoms with E-state index in [0.29, 0.717) is 31.7 Å². The number of hydrogen-bond acceptors (Lipinski definition) is 6. The Kier molecular flexibility index (Phi) is 15.8. The number of rotatable bonds is 14. The van der Waals surface area contributed by atoms with Crippen LogP contribution in [0.15, 0.2) is 59.5 Å². The minimum Gasteiger partial charge on any atom is -0.497 e. The van der Waals surface area contributed by atoms with Crippen molar-refractivity contribution >= 4 is 23.6 Å². The molecule has 0 aliphatic carbocycles. The van der Waals surface area contributed by atoms with E-state index < -0.39 is 0 Å². The Morgan fingerprint density at radius 1 is 1.03 bits per heavy atom. The van der Waals surface area contributed by atoms with E-state index in [0.717, 1.165) is 18.7 Å². The maximum Gasteiger partial charge on any atom is 0.220 e.